The molecule has 4 rings (SSSR count). The average molecular weight is 637 g/mol. The Morgan fingerprint density at radius 3 is 1.78 bits per heavy atom. The Balaban J connectivity index is 0.000000250. The van der Waals surface area contributed by atoms with E-state index in [4.69, 9.17) is 0 Å². The Morgan fingerprint density at radius 1 is 0.739 bits per heavy atom. The van der Waals surface area contributed by atoms with Crippen LogP contribution in [0.15, 0.2) is 54.6 Å². The SMILES string of the molecule is CC(C)[C@@H]1CC[C@@H](C)C[C@H]1C(=O)NCC(O)c1cccc(O)c1.CC(C)[C@@H]1CC[C@@H](C)C[C@H]1C(=O)N[C@H](C)C(O)c1ccccc1. The lowest BCUT2D eigenvalue weighted by atomic mass is 9.69. The van der Waals surface area contributed by atoms with Gasteiger partial charge < -0.3 is 26.0 Å². The predicted molar refractivity (Wildman–Crippen MR) is 185 cm³/mol. The highest BCUT2D eigenvalue weighted by Gasteiger charge is 2.37. The summed E-state index contributed by atoms with van der Waals surface area (Å²) in [4.78, 5) is 25.4. The van der Waals surface area contributed by atoms with Crippen molar-refractivity contribution in [2.75, 3.05) is 6.54 Å². The van der Waals surface area contributed by atoms with Crippen LogP contribution in [0.4, 0.5) is 0 Å². The van der Waals surface area contributed by atoms with Crippen LogP contribution < -0.4 is 10.6 Å². The van der Waals surface area contributed by atoms with E-state index >= 15 is 0 Å². The number of aliphatic hydroxyl groups is 2. The number of rotatable bonds is 10. The largest absolute Gasteiger partial charge is 0.508 e. The van der Waals surface area contributed by atoms with Crippen LogP contribution in [0.25, 0.3) is 0 Å². The third-order valence-corrected chi connectivity index (χ3v) is 10.4. The van der Waals surface area contributed by atoms with Crippen molar-refractivity contribution >= 4 is 11.8 Å². The van der Waals surface area contributed by atoms with Gasteiger partial charge in [-0.1, -0.05) is 96.8 Å². The van der Waals surface area contributed by atoms with Crippen molar-refractivity contribution < 1.29 is 24.9 Å². The third kappa shape index (κ3) is 10.8. The van der Waals surface area contributed by atoms with Crippen LogP contribution in [0, 0.1) is 47.3 Å². The van der Waals surface area contributed by atoms with Crippen LogP contribution in [0.3, 0.4) is 0 Å². The summed E-state index contributed by atoms with van der Waals surface area (Å²) in [5.74, 6) is 3.46. The molecule has 0 heterocycles. The van der Waals surface area contributed by atoms with Crippen LogP contribution in [0.2, 0.25) is 0 Å². The van der Waals surface area contributed by atoms with Gasteiger partial charge >= 0.3 is 0 Å². The van der Waals surface area contributed by atoms with Crippen molar-refractivity contribution in [3.63, 3.8) is 0 Å². The number of aliphatic hydroxyl groups excluding tert-OH is 2. The summed E-state index contributed by atoms with van der Waals surface area (Å²) < 4.78 is 0. The molecule has 46 heavy (non-hydrogen) atoms. The first-order chi connectivity index (χ1) is 21.8. The number of amides is 2. The Labute approximate surface area is 277 Å². The molecule has 5 N–H and O–H groups in total. The molecule has 2 aromatic carbocycles. The van der Waals surface area contributed by atoms with Crippen LogP contribution in [-0.4, -0.2) is 39.7 Å². The Kier molecular flexibility index (Phi) is 14.6. The third-order valence-electron chi connectivity index (χ3n) is 10.4. The van der Waals surface area contributed by atoms with E-state index in [2.05, 4.69) is 52.2 Å². The lowest BCUT2D eigenvalue weighted by Crippen LogP contribution is -2.45. The second-order valence-corrected chi connectivity index (χ2v) is 14.9. The van der Waals surface area contributed by atoms with Crippen molar-refractivity contribution in [3.05, 3.63) is 65.7 Å². The second kappa shape index (κ2) is 17.9. The maximum atomic E-state index is 12.8. The summed E-state index contributed by atoms with van der Waals surface area (Å²) in [7, 11) is 0. The quantitative estimate of drug-likeness (QED) is 0.189. The van der Waals surface area contributed by atoms with E-state index in [0.717, 1.165) is 31.2 Å². The minimum Gasteiger partial charge on any atom is -0.508 e. The molecule has 2 fully saturated rings. The van der Waals surface area contributed by atoms with Crippen LogP contribution >= 0.6 is 0 Å². The van der Waals surface area contributed by atoms with Gasteiger partial charge in [-0.25, -0.2) is 0 Å². The van der Waals surface area contributed by atoms with Gasteiger partial charge in [0.25, 0.3) is 0 Å². The highest BCUT2D eigenvalue weighted by Crippen LogP contribution is 2.39. The van der Waals surface area contributed by atoms with E-state index in [1.807, 2.05) is 37.3 Å². The molecule has 2 aromatic rings. The fourth-order valence-electron chi connectivity index (χ4n) is 7.53. The summed E-state index contributed by atoms with van der Waals surface area (Å²) in [6.45, 7) is 15.3. The zero-order valence-electron chi connectivity index (χ0n) is 29.2. The first-order valence-electron chi connectivity index (χ1n) is 17.6. The zero-order chi connectivity index (χ0) is 34.0. The molecule has 9 atom stereocenters. The fraction of sp³-hybridized carbons (Fsp3) is 0.641. The van der Waals surface area contributed by atoms with Gasteiger partial charge in [0, 0.05) is 18.4 Å². The molecule has 2 amide bonds. The molecule has 2 saturated carbocycles. The summed E-state index contributed by atoms with van der Waals surface area (Å²) in [5, 5.41) is 36.1. The minimum atomic E-state index is -0.801. The van der Waals surface area contributed by atoms with Crippen molar-refractivity contribution in [3.8, 4) is 5.75 Å². The number of phenols is 1. The highest BCUT2D eigenvalue weighted by molar-refractivity contribution is 5.79. The standard InChI is InChI=1S/C20H31NO2.C19H29NO3/c1-13(2)17-11-10-14(3)12-18(17)20(23)21-15(4)19(22)16-8-6-5-7-9-16;1-12(2)16-8-7-13(3)9-17(16)19(23)20-11-18(22)14-5-4-6-15(21)10-14/h5-9,13-15,17-19,22H,10-12H2,1-4H3,(H,21,23);4-6,10,12-13,16-18,21-22H,7-9,11H2,1-3H3,(H,20,23)/t14-,15-,17+,18-,19?;13-,16+,17-,18?/m11/s1. The molecule has 0 radical (unpaired) electrons. The van der Waals surface area contributed by atoms with Gasteiger partial charge in [0.05, 0.1) is 18.2 Å². The van der Waals surface area contributed by atoms with Crippen LogP contribution in [-0.2, 0) is 9.59 Å². The van der Waals surface area contributed by atoms with E-state index in [0.29, 0.717) is 41.1 Å². The van der Waals surface area contributed by atoms with E-state index in [1.165, 1.54) is 18.9 Å². The molecular formula is C39H60N2O5. The van der Waals surface area contributed by atoms with Gasteiger partial charge in [-0.2, -0.15) is 0 Å². The fourth-order valence-corrected chi connectivity index (χ4v) is 7.53. The van der Waals surface area contributed by atoms with Crippen LogP contribution in [0.1, 0.15) is 110 Å². The normalized spacial score (nSPS) is 26.8. The van der Waals surface area contributed by atoms with Crippen LogP contribution in [0.5, 0.6) is 5.75 Å². The maximum Gasteiger partial charge on any atom is 0.223 e. The number of nitrogens with one attached hydrogen (secondary N) is 2. The molecular weight excluding hydrogens is 576 g/mol. The molecule has 7 heteroatoms. The minimum absolute atomic E-state index is 0.0372. The number of carbonyl (C=O) groups is 2. The average Bonchev–Trinajstić information content (AvgIpc) is 3.03. The topological polar surface area (TPSA) is 119 Å². The predicted octanol–water partition coefficient (Wildman–Crippen LogP) is 7.18. The molecule has 256 valence electrons. The highest BCUT2D eigenvalue weighted by atomic mass is 16.3. The van der Waals surface area contributed by atoms with Gasteiger partial charge in [0.1, 0.15) is 5.75 Å². The molecule has 7 nitrogen and oxygen atoms in total. The van der Waals surface area contributed by atoms with Crippen molar-refractivity contribution in [2.24, 2.45) is 47.3 Å². The van der Waals surface area contributed by atoms with Crippen molar-refractivity contribution in [1.29, 1.82) is 0 Å². The van der Waals surface area contributed by atoms with Crippen molar-refractivity contribution in [2.45, 2.75) is 105 Å². The summed E-state index contributed by atoms with van der Waals surface area (Å²) in [6.07, 6.45) is 5.06. The number of hydrogen-bond acceptors (Lipinski definition) is 5. The number of phenolic OH excluding ortho intramolecular Hbond substituents is 1. The smallest absolute Gasteiger partial charge is 0.223 e. The van der Waals surface area contributed by atoms with Gasteiger partial charge in [-0.15, -0.1) is 0 Å². The maximum absolute atomic E-state index is 12.8. The molecule has 0 aromatic heterocycles. The molecule has 0 aliphatic heterocycles. The Hall–Kier alpha value is -2.90. The molecule has 2 unspecified atom stereocenters. The number of benzene rings is 2. The summed E-state index contributed by atoms with van der Waals surface area (Å²) in [5.41, 5.74) is 1.46. The zero-order valence-corrected chi connectivity index (χ0v) is 29.2. The summed E-state index contributed by atoms with van der Waals surface area (Å²) >= 11 is 0. The molecule has 2 aliphatic carbocycles. The van der Waals surface area contributed by atoms with E-state index in [9.17, 15) is 24.9 Å². The number of carbonyl (C=O) groups excluding carboxylic acids is 2. The molecule has 0 spiro atoms. The number of aromatic hydroxyl groups is 1. The van der Waals surface area contributed by atoms with E-state index < -0.39 is 12.2 Å². The van der Waals surface area contributed by atoms with Gasteiger partial charge in [0.15, 0.2) is 0 Å². The van der Waals surface area contributed by atoms with E-state index in [-0.39, 0.29) is 42.0 Å². The molecule has 0 bridgehead atoms. The summed E-state index contributed by atoms with van der Waals surface area (Å²) in [6, 6.07) is 15.8. The monoisotopic (exact) mass is 636 g/mol. The Morgan fingerprint density at radius 2 is 1.26 bits per heavy atom. The Bertz CT molecular complexity index is 1220. The lowest BCUT2D eigenvalue weighted by molar-refractivity contribution is -0.131. The second-order valence-electron chi connectivity index (χ2n) is 14.9. The van der Waals surface area contributed by atoms with Gasteiger partial charge in [0.2, 0.25) is 11.8 Å². The lowest BCUT2D eigenvalue weighted by Gasteiger charge is -2.37. The first kappa shape index (κ1) is 37.6. The van der Waals surface area contributed by atoms with Gasteiger partial charge in [-0.3, -0.25) is 9.59 Å². The first-order valence-corrected chi connectivity index (χ1v) is 17.6. The van der Waals surface area contributed by atoms with Crippen molar-refractivity contribution in [1.82, 2.24) is 10.6 Å². The molecule has 0 saturated heterocycles. The van der Waals surface area contributed by atoms with Gasteiger partial charge in [-0.05, 0) is 91.4 Å². The number of hydrogen-bond donors (Lipinski definition) is 5. The molecule has 2 aliphatic rings. The van der Waals surface area contributed by atoms with E-state index in [1.54, 1.807) is 18.2 Å².